The SMILES string of the molecule is C=CCNC(=O)NC(=O)CSc1ccc(F)cc1. The van der Waals surface area contributed by atoms with E-state index < -0.39 is 11.9 Å². The lowest BCUT2D eigenvalue weighted by Gasteiger charge is -2.04. The lowest BCUT2D eigenvalue weighted by Crippen LogP contribution is -2.40. The fraction of sp³-hybridized carbons (Fsp3) is 0.167. The summed E-state index contributed by atoms with van der Waals surface area (Å²) in [7, 11) is 0. The zero-order valence-electron chi connectivity index (χ0n) is 9.61. The molecule has 1 rings (SSSR count). The molecule has 0 spiro atoms. The number of benzene rings is 1. The van der Waals surface area contributed by atoms with Gasteiger partial charge in [-0.1, -0.05) is 6.08 Å². The first kappa shape index (κ1) is 14.2. The van der Waals surface area contributed by atoms with Crippen LogP contribution in [-0.4, -0.2) is 24.2 Å². The predicted molar refractivity (Wildman–Crippen MR) is 68.9 cm³/mol. The van der Waals surface area contributed by atoms with Crippen LogP contribution in [0.25, 0.3) is 0 Å². The quantitative estimate of drug-likeness (QED) is 0.633. The molecule has 18 heavy (non-hydrogen) atoms. The number of carbonyl (C=O) groups excluding carboxylic acids is 2. The first-order valence-corrected chi connectivity index (χ1v) is 6.17. The van der Waals surface area contributed by atoms with Crippen molar-refractivity contribution in [2.45, 2.75) is 4.90 Å². The van der Waals surface area contributed by atoms with Crippen molar-refractivity contribution < 1.29 is 14.0 Å². The zero-order valence-corrected chi connectivity index (χ0v) is 10.4. The Morgan fingerprint density at radius 1 is 1.33 bits per heavy atom. The van der Waals surface area contributed by atoms with Gasteiger partial charge in [0.25, 0.3) is 0 Å². The average molecular weight is 268 g/mol. The molecule has 0 aromatic heterocycles. The summed E-state index contributed by atoms with van der Waals surface area (Å²) in [4.78, 5) is 23.2. The molecule has 0 fully saturated rings. The van der Waals surface area contributed by atoms with Crippen LogP contribution in [0.1, 0.15) is 0 Å². The molecule has 0 unspecified atom stereocenters. The van der Waals surface area contributed by atoms with Gasteiger partial charge in [0.2, 0.25) is 5.91 Å². The van der Waals surface area contributed by atoms with E-state index in [0.29, 0.717) is 6.54 Å². The summed E-state index contributed by atoms with van der Waals surface area (Å²) in [6, 6.07) is 5.23. The number of halogens is 1. The third-order valence-electron chi connectivity index (χ3n) is 1.84. The van der Waals surface area contributed by atoms with Crippen molar-refractivity contribution in [1.29, 1.82) is 0 Å². The van der Waals surface area contributed by atoms with E-state index in [2.05, 4.69) is 17.2 Å². The van der Waals surface area contributed by atoms with Crippen LogP contribution in [-0.2, 0) is 4.79 Å². The second kappa shape index (κ2) is 7.50. The highest BCUT2D eigenvalue weighted by Crippen LogP contribution is 2.17. The van der Waals surface area contributed by atoms with Crippen molar-refractivity contribution in [2.24, 2.45) is 0 Å². The number of nitrogens with one attached hydrogen (secondary N) is 2. The van der Waals surface area contributed by atoms with Crippen molar-refractivity contribution in [1.82, 2.24) is 10.6 Å². The minimum Gasteiger partial charge on any atom is -0.334 e. The molecule has 1 aromatic carbocycles. The summed E-state index contributed by atoms with van der Waals surface area (Å²) in [5.41, 5.74) is 0. The highest BCUT2D eigenvalue weighted by Gasteiger charge is 2.07. The van der Waals surface area contributed by atoms with Gasteiger partial charge in [0.15, 0.2) is 0 Å². The third kappa shape index (κ3) is 5.49. The normalized spacial score (nSPS) is 9.61. The van der Waals surface area contributed by atoms with Gasteiger partial charge in [0.1, 0.15) is 5.82 Å². The molecule has 0 aliphatic heterocycles. The summed E-state index contributed by atoms with van der Waals surface area (Å²) in [6.07, 6.45) is 1.51. The number of amides is 3. The number of urea groups is 1. The molecule has 0 aliphatic rings. The maximum atomic E-state index is 12.6. The predicted octanol–water partition coefficient (Wildman–Crippen LogP) is 1.93. The summed E-state index contributed by atoms with van der Waals surface area (Å²) in [5.74, 6) is -0.647. The van der Waals surface area contributed by atoms with Crippen LogP contribution in [0.5, 0.6) is 0 Å². The monoisotopic (exact) mass is 268 g/mol. The maximum Gasteiger partial charge on any atom is 0.321 e. The van der Waals surface area contributed by atoms with Crippen LogP contribution in [0.15, 0.2) is 41.8 Å². The zero-order chi connectivity index (χ0) is 13.4. The molecule has 4 nitrogen and oxygen atoms in total. The van der Waals surface area contributed by atoms with E-state index in [1.807, 2.05) is 0 Å². The lowest BCUT2D eigenvalue weighted by atomic mass is 10.4. The van der Waals surface area contributed by atoms with E-state index in [1.165, 1.54) is 30.0 Å². The van der Waals surface area contributed by atoms with Gasteiger partial charge in [0.05, 0.1) is 5.75 Å². The van der Waals surface area contributed by atoms with Gasteiger partial charge in [-0.3, -0.25) is 10.1 Å². The van der Waals surface area contributed by atoms with Crippen molar-refractivity contribution in [3.8, 4) is 0 Å². The second-order valence-electron chi connectivity index (χ2n) is 3.29. The minimum atomic E-state index is -0.556. The summed E-state index contributed by atoms with van der Waals surface area (Å²) >= 11 is 1.22. The molecule has 2 N–H and O–H groups in total. The average Bonchev–Trinajstić information content (AvgIpc) is 2.35. The largest absolute Gasteiger partial charge is 0.334 e. The molecule has 0 aliphatic carbocycles. The Kier molecular flexibility index (Phi) is 5.93. The van der Waals surface area contributed by atoms with Gasteiger partial charge in [-0.2, -0.15) is 0 Å². The molecule has 0 atom stereocenters. The lowest BCUT2D eigenvalue weighted by molar-refractivity contribution is -0.117. The van der Waals surface area contributed by atoms with Gasteiger partial charge >= 0.3 is 6.03 Å². The molecule has 0 bridgehead atoms. The Bertz CT molecular complexity index is 434. The molecule has 96 valence electrons. The molecule has 0 heterocycles. The fourth-order valence-electron chi connectivity index (χ4n) is 1.05. The van der Waals surface area contributed by atoms with Crippen molar-refractivity contribution in [3.05, 3.63) is 42.7 Å². The molecule has 0 saturated carbocycles. The number of thioether (sulfide) groups is 1. The first-order valence-electron chi connectivity index (χ1n) is 5.19. The second-order valence-corrected chi connectivity index (χ2v) is 4.34. The van der Waals surface area contributed by atoms with Crippen LogP contribution in [0.2, 0.25) is 0 Å². The molecule has 6 heteroatoms. The Hall–Kier alpha value is -1.82. The van der Waals surface area contributed by atoms with Crippen molar-refractivity contribution in [2.75, 3.05) is 12.3 Å². The highest BCUT2D eigenvalue weighted by atomic mass is 32.2. The van der Waals surface area contributed by atoms with E-state index in [9.17, 15) is 14.0 Å². The van der Waals surface area contributed by atoms with E-state index >= 15 is 0 Å². The van der Waals surface area contributed by atoms with E-state index in [-0.39, 0.29) is 11.6 Å². The standard InChI is InChI=1S/C12H13FN2O2S/c1-2-7-14-12(17)15-11(16)8-18-10-5-3-9(13)4-6-10/h2-6H,1,7-8H2,(H2,14,15,16,17). The Balaban J connectivity index is 2.30. The van der Waals surface area contributed by atoms with Crippen LogP contribution < -0.4 is 10.6 Å². The molecule has 0 saturated heterocycles. The van der Waals surface area contributed by atoms with Gasteiger partial charge in [-0.15, -0.1) is 18.3 Å². The van der Waals surface area contributed by atoms with Gasteiger partial charge in [-0.05, 0) is 24.3 Å². The highest BCUT2D eigenvalue weighted by molar-refractivity contribution is 8.00. The number of hydrogen-bond donors (Lipinski definition) is 2. The van der Waals surface area contributed by atoms with Crippen LogP contribution in [0, 0.1) is 5.82 Å². The number of rotatable bonds is 5. The summed E-state index contributed by atoms with van der Waals surface area (Å²) in [6.45, 7) is 3.73. The smallest absolute Gasteiger partial charge is 0.321 e. The maximum absolute atomic E-state index is 12.6. The number of hydrogen-bond acceptors (Lipinski definition) is 3. The third-order valence-corrected chi connectivity index (χ3v) is 2.86. The Morgan fingerprint density at radius 2 is 2.00 bits per heavy atom. The van der Waals surface area contributed by atoms with Crippen LogP contribution in [0.3, 0.4) is 0 Å². The van der Waals surface area contributed by atoms with E-state index in [0.717, 1.165) is 4.90 Å². The number of imide groups is 1. The van der Waals surface area contributed by atoms with Crippen molar-refractivity contribution >= 4 is 23.7 Å². The summed E-state index contributed by atoms with van der Waals surface area (Å²) < 4.78 is 12.6. The number of carbonyl (C=O) groups is 2. The summed E-state index contributed by atoms with van der Waals surface area (Å²) in [5, 5.41) is 4.59. The molecule has 0 radical (unpaired) electrons. The molecule has 1 aromatic rings. The Morgan fingerprint density at radius 3 is 2.61 bits per heavy atom. The van der Waals surface area contributed by atoms with Crippen molar-refractivity contribution in [3.63, 3.8) is 0 Å². The van der Waals surface area contributed by atoms with Crippen LogP contribution in [0.4, 0.5) is 9.18 Å². The first-order chi connectivity index (χ1) is 8.61. The minimum absolute atomic E-state index is 0.0904. The molecule has 3 amide bonds. The van der Waals surface area contributed by atoms with Crippen LogP contribution >= 0.6 is 11.8 Å². The fourth-order valence-corrected chi connectivity index (χ4v) is 1.75. The molecular weight excluding hydrogens is 255 g/mol. The van der Waals surface area contributed by atoms with E-state index in [4.69, 9.17) is 0 Å². The van der Waals surface area contributed by atoms with Gasteiger partial charge in [0, 0.05) is 11.4 Å². The Labute approximate surface area is 109 Å². The topological polar surface area (TPSA) is 58.2 Å². The van der Waals surface area contributed by atoms with E-state index in [1.54, 1.807) is 12.1 Å². The molecular formula is C12H13FN2O2S. The van der Waals surface area contributed by atoms with Gasteiger partial charge in [-0.25, -0.2) is 9.18 Å². The van der Waals surface area contributed by atoms with Gasteiger partial charge < -0.3 is 5.32 Å².